The molecule has 0 fully saturated rings. The number of nitrogens with one attached hydrogen (secondary N) is 2. The van der Waals surface area contributed by atoms with Crippen LogP contribution >= 0.6 is 0 Å². The van der Waals surface area contributed by atoms with Crippen LogP contribution in [-0.4, -0.2) is 11.3 Å². The van der Waals surface area contributed by atoms with Gasteiger partial charge in [0.25, 0.3) is 0 Å². The molecular formula is C16H13F3N2O. The van der Waals surface area contributed by atoms with Crippen molar-refractivity contribution in [1.82, 2.24) is 4.98 Å². The predicted octanol–water partition coefficient (Wildman–Crippen LogP) is 4.68. The van der Waals surface area contributed by atoms with Crippen LogP contribution in [0.15, 0.2) is 54.7 Å². The summed E-state index contributed by atoms with van der Waals surface area (Å²) in [5.41, 5.74) is 2.27. The lowest BCUT2D eigenvalue weighted by Crippen LogP contribution is -2.18. The largest absolute Gasteiger partial charge is 0.573 e. The molecule has 0 unspecified atom stereocenters. The number of benzene rings is 2. The van der Waals surface area contributed by atoms with Gasteiger partial charge in [-0.05, 0) is 29.8 Å². The maximum atomic E-state index is 12.4. The Labute approximate surface area is 124 Å². The highest BCUT2D eigenvalue weighted by Gasteiger charge is 2.32. The monoisotopic (exact) mass is 306 g/mol. The first kappa shape index (κ1) is 14.3. The van der Waals surface area contributed by atoms with Gasteiger partial charge in [-0.1, -0.05) is 24.3 Å². The molecule has 114 valence electrons. The van der Waals surface area contributed by atoms with E-state index in [1.165, 1.54) is 12.1 Å². The Morgan fingerprint density at radius 3 is 2.64 bits per heavy atom. The summed E-state index contributed by atoms with van der Waals surface area (Å²) in [7, 11) is 0. The fraction of sp³-hybridized carbons (Fsp3) is 0.125. The Bertz CT molecular complexity index is 780. The average molecular weight is 306 g/mol. The lowest BCUT2D eigenvalue weighted by molar-refractivity contribution is -0.274. The first-order valence-corrected chi connectivity index (χ1v) is 6.66. The minimum absolute atomic E-state index is 0.240. The second-order valence-corrected chi connectivity index (χ2v) is 4.75. The highest BCUT2D eigenvalue weighted by atomic mass is 19.4. The summed E-state index contributed by atoms with van der Waals surface area (Å²) >= 11 is 0. The second-order valence-electron chi connectivity index (χ2n) is 4.75. The number of ether oxygens (including phenoxy) is 1. The van der Waals surface area contributed by atoms with E-state index in [1.807, 2.05) is 30.5 Å². The molecule has 0 amide bonds. The number of rotatable bonds is 4. The van der Waals surface area contributed by atoms with Crippen molar-refractivity contribution in [2.75, 3.05) is 5.32 Å². The molecule has 1 aromatic heterocycles. The van der Waals surface area contributed by atoms with E-state index in [4.69, 9.17) is 0 Å². The number of para-hydroxylation sites is 2. The highest BCUT2D eigenvalue weighted by molar-refractivity contribution is 5.83. The maximum Gasteiger partial charge on any atom is 0.573 e. The molecular weight excluding hydrogens is 293 g/mol. The first-order chi connectivity index (χ1) is 10.5. The molecule has 0 saturated heterocycles. The van der Waals surface area contributed by atoms with E-state index in [0.29, 0.717) is 12.2 Å². The molecule has 3 rings (SSSR count). The van der Waals surface area contributed by atoms with E-state index in [2.05, 4.69) is 15.0 Å². The molecule has 0 aliphatic heterocycles. The summed E-state index contributed by atoms with van der Waals surface area (Å²) in [5, 5.41) is 4.03. The van der Waals surface area contributed by atoms with E-state index >= 15 is 0 Å². The SMILES string of the molecule is FC(F)(F)Oc1ccccc1NCc1cccc2[nH]ccc12. The zero-order valence-corrected chi connectivity index (χ0v) is 11.4. The summed E-state index contributed by atoms with van der Waals surface area (Å²) in [6.45, 7) is 0.396. The van der Waals surface area contributed by atoms with Crippen molar-refractivity contribution >= 4 is 16.6 Å². The number of alkyl halides is 3. The average Bonchev–Trinajstić information content (AvgIpc) is 2.93. The summed E-state index contributed by atoms with van der Waals surface area (Å²) in [6, 6.07) is 13.7. The van der Waals surface area contributed by atoms with Crippen molar-refractivity contribution < 1.29 is 17.9 Å². The molecule has 0 aliphatic carbocycles. The number of fused-ring (bicyclic) bond motifs is 1. The summed E-state index contributed by atoms with van der Waals surface area (Å²) < 4.78 is 41.2. The van der Waals surface area contributed by atoms with E-state index in [0.717, 1.165) is 16.5 Å². The van der Waals surface area contributed by atoms with Crippen LogP contribution < -0.4 is 10.1 Å². The molecule has 0 radical (unpaired) electrons. The van der Waals surface area contributed by atoms with Gasteiger partial charge in [-0.3, -0.25) is 0 Å². The fourth-order valence-corrected chi connectivity index (χ4v) is 2.32. The van der Waals surface area contributed by atoms with Crippen molar-refractivity contribution in [3.8, 4) is 5.75 Å². The Balaban J connectivity index is 1.81. The lowest BCUT2D eigenvalue weighted by atomic mass is 10.1. The molecule has 2 N–H and O–H groups in total. The molecule has 0 bridgehead atoms. The van der Waals surface area contributed by atoms with Crippen LogP contribution in [0.5, 0.6) is 5.75 Å². The third kappa shape index (κ3) is 3.16. The maximum absolute atomic E-state index is 12.4. The van der Waals surface area contributed by atoms with Crippen molar-refractivity contribution in [3.05, 3.63) is 60.3 Å². The smallest absolute Gasteiger partial charge is 0.404 e. The Morgan fingerprint density at radius 1 is 1.00 bits per heavy atom. The van der Waals surface area contributed by atoms with E-state index < -0.39 is 6.36 Å². The minimum Gasteiger partial charge on any atom is -0.404 e. The van der Waals surface area contributed by atoms with Crippen LogP contribution in [0.4, 0.5) is 18.9 Å². The van der Waals surface area contributed by atoms with Gasteiger partial charge in [-0.25, -0.2) is 0 Å². The normalized spacial score (nSPS) is 11.6. The van der Waals surface area contributed by atoms with E-state index in [9.17, 15) is 13.2 Å². The first-order valence-electron chi connectivity index (χ1n) is 6.66. The van der Waals surface area contributed by atoms with Crippen molar-refractivity contribution in [2.24, 2.45) is 0 Å². The number of H-pyrrole nitrogens is 1. The second kappa shape index (κ2) is 5.63. The lowest BCUT2D eigenvalue weighted by Gasteiger charge is -2.14. The Morgan fingerprint density at radius 2 is 1.82 bits per heavy atom. The van der Waals surface area contributed by atoms with Gasteiger partial charge in [0.05, 0.1) is 5.69 Å². The van der Waals surface area contributed by atoms with Gasteiger partial charge in [-0.2, -0.15) is 0 Å². The van der Waals surface area contributed by atoms with Crippen molar-refractivity contribution in [3.63, 3.8) is 0 Å². The van der Waals surface area contributed by atoms with Gasteiger partial charge in [0, 0.05) is 23.6 Å². The number of hydrogen-bond acceptors (Lipinski definition) is 2. The zero-order valence-electron chi connectivity index (χ0n) is 11.4. The number of hydrogen-bond donors (Lipinski definition) is 2. The minimum atomic E-state index is -4.71. The van der Waals surface area contributed by atoms with Crippen LogP contribution in [0, 0.1) is 0 Å². The molecule has 0 saturated carbocycles. The quantitative estimate of drug-likeness (QED) is 0.734. The third-order valence-electron chi connectivity index (χ3n) is 3.27. The Hall–Kier alpha value is -2.63. The molecule has 0 spiro atoms. The van der Waals surface area contributed by atoms with E-state index in [-0.39, 0.29) is 5.75 Å². The molecule has 3 nitrogen and oxygen atoms in total. The van der Waals surface area contributed by atoms with Gasteiger partial charge in [0.15, 0.2) is 5.75 Å². The molecule has 1 heterocycles. The van der Waals surface area contributed by atoms with Gasteiger partial charge in [-0.15, -0.1) is 13.2 Å². The standard InChI is InChI=1S/C16H13F3N2O/c17-16(18,19)22-15-7-2-1-5-14(15)21-10-11-4-3-6-13-12(11)8-9-20-13/h1-9,20-21H,10H2. The number of anilines is 1. The van der Waals surface area contributed by atoms with Crippen molar-refractivity contribution in [1.29, 1.82) is 0 Å². The van der Waals surface area contributed by atoms with Gasteiger partial charge in [0.1, 0.15) is 0 Å². The third-order valence-corrected chi connectivity index (χ3v) is 3.27. The van der Waals surface area contributed by atoms with E-state index in [1.54, 1.807) is 12.1 Å². The fourth-order valence-electron chi connectivity index (χ4n) is 2.32. The topological polar surface area (TPSA) is 37.0 Å². The molecule has 3 aromatic rings. The molecule has 0 aliphatic rings. The Kier molecular flexibility index (Phi) is 3.66. The predicted molar refractivity (Wildman–Crippen MR) is 78.8 cm³/mol. The van der Waals surface area contributed by atoms with Crippen LogP contribution in [0.2, 0.25) is 0 Å². The number of aromatic nitrogens is 1. The van der Waals surface area contributed by atoms with Gasteiger partial charge >= 0.3 is 6.36 Å². The van der Waals surface area contributed by atoms with Gasteiger partial charge < -0.3 is 15.0 Å². The van der Waals surface area contributed by atoms with Crippen LogP contribution in [-0.2, 0) is 6.54 Å². The number of halogens is 3. The summed E-state index contributed by atoms with van der Waals surface area (Å²) in [4.78, 5) is 3.10. The zero-order chi connectivity index (χ0) is 15.6. The summed E-state index contributed by atoms with van der Waals surface area (Å²) in [6.07, 6.45) is -2.88. The molecule has 6 heteroatoms. The van der Waals surface area contributed by atoms with Crippen molar-refractivity contribution in [2.45, 2.75) is 12.9 Å². The van der Waals surface area contributed by atoms with Gasteiger partial charge in [0.2, 0.25) is 0 Å². The molecule has 0 atom stereocenters. The molecule has 2 aromatic carbocycles. The molecule has 22 heavy (non-hydrogen) atoms. The van der Waals surface area contributed by atoms with Crippen LogP contribution in [0.1, 0.15) is 5.56 Å². The number of aromatic amines is 1. The van der Waals surface area contributed by atoms with Crippen LogP contribution in [0.25, 0.3) is 10.9 Å². The van der Waals surface area contributed by atoms with Crippen LogP contribution in [0.3, 0.4) is 0 Å². The summed E-state index contributed by atoms with van der Waals surface area (Å²) in [5.74, 6) is -0.240. The highest BCUT2D eigenvalue weighted by Crippen LogP contribution is 2.30.